The van der Waals surface area contributed by atoms with E-state index in [1.165, 1.54) is 65.7 Å². The van der Waals surface area contributed by atoms with Gasteiger partial charge in [0.05, 0.1) is 0 Å². The minimum atomic E-state index is -0.609. The molecule has 0 aliphatic heterocycles. The molecular formula is C23H40O6. The lowest BCUT2D eigenvalue weighted by molar-refractivity contribution is -0.161. The van der Waals surface area contributed by atoms with Crippen LogP contribution in [0.1, 0.15) is 97.8 Å². The van der Waals surface area contributed by atoms with Crippen molar-refractivity contribution in [3.8, 4) is 0 Å². The first-order valence-corrected chi connectivity index (χ1v) is 10.9. The van der Waals surface area contributed by atoms with Crippen LogP contribution < -0.4 is 0 Å². The van der Waals surface area contributed by atoms with Gasteiger partial charge < -0.3 is 14.2 Å². The first kappa shape index (κ1) is 27.1. The summed E-state index contributed by atoms with van der Waals surface area (Å²) in [6.07, 6.45) is 14.0. The van der Waals surface area contributed by atoms with Gasteiger partial charge in [-0.2, -0.15) is 0 Å². The number of carbonyl (C=O) groups excluding carboxylic acids is 3. The number of hydrogen-bond donors (Lipinski definition) is 0. The molecule has 168 valence electrons. The zero-order chi connectivity index (χ0) is 21.9. The molecule has 0 fully saturated rings. The van der Waals surface area contributed by atoms with Gasteiger partial charge in [0.2, 0.25) is 0 Å². The molecule has 0 aromatic carbocycles. The molecule has 0 saturated heterocycles. The fraction of sp³-hybridized carbons (Fsp3) is 0.783. The Labute approximate surface area is 176 Å². The number of rotatable bonds is 18. The Morgan fingerprint density at radius 3 is 1.69 bits per heavy atom. The normalized spacial score (nSPS) is 12.7. The second kappa shape index (κ2) is 18.2. The van der Waals surface area contributed by atoms with Gasteiger partial charge in [0.15, 0.2) is 0 Å². The van der Waals surface area contributed by atoms with E-state index in [4.69, 9.17) is 14.2 Å². The van der Waals surface area contributed by atoms with E-state index in [0.29, 0.717) is 12.8 Å². The van der Waals surface area contributed by atoms with Crippen molar-refractivity contribution < 1.29 is 28.6 Å². The SMILES string of the molecule is C=CCCCCCCCCCCCC(CC(COC(C)=O)OC(C)=O)OC(C)=O. The molecule has 2 unspecified atom stereocenters. The molecule has 0 heterocycles. The molecule has 2 atom stereocenters. The molecule has 0 aliphatic rings. The monoisotopic (exact) mass is 412 g/mol. The number of unbranched alkanes of at least 4 members (excludes halogenated alkanes) is 9. The molecule has 0 aliphatic carbocycles. The van der Waals surface area contributed by atoms with E-state index in [1.807, 2.05) is 6.08 Å². The van der Waals surface area contributed by atoms with Gasteiger partial charge in [-0.3, -0.25) is 14.4 Å². The van der Waals surface area contributed by atoms with Gasteiger partial charge in [0.1, 0.15) is 18.8 Å². The van der Waals surface area contributed by atoms with Crippen LogP contribution in [0, 0.1) is 0 Å². The highest BCUT2D eigenvalue weighted by Gasteiger charge is 2.22. The van der Waals surface area contributed by atoms with Crippen LogP contribution in [0.3, 0.4) is 0 Å². The van der Waals surface area contributed by atoms with Crippen molar-refractivity contribution in [3.05, 3.63) is 12.7 Å². The van der Waals surface area contributed by atoms with Crippen molar-refractivity contribution in [2.45, 2.75) is 110 Å². The summed E-state index contributed by atoms with van der Waals surface area (Å²) in [6.45, 7) is 7.69. The third-order valence-corrected chi connectivity index (χ3v) is 4.60. The third kappa shape index (κ3) is 19.2. The summed E-state index contributed by atoms with van der Waals surface area (Å²) in [5, 5.41) is 0. The van der Waals surface area contributed by atoms with Crippen LogP contribution in [0.5, 0.6) is 0 Å². The van der Waals surface area contributed by atoms with Crippen molar-refractivity contribution >= 4 is 17.9 Å². The minimum absolute atomic E-state index is 0.0283. The van der Waals surface area contributed by atoms with Crippen LogP contribution in [0.4, 0.5) is 0 Å². The van der Waals surface area contributed by atoms with E-state index in [-0.39, 0.29) is 18.7 Å². The van der Waals surface area contributed by atoms with Crippen molar-refractivity contribution in [1.82, 2.24) is 0 Å². The lowest BCUT2D eigenvalue weighted by atomic mass is 10.0. The average molecular weight is 413 g/mol. The second-order valence-corrected chi connectivity index (χ2v) is 7.55. The Hall–Kier alpha value is -1.85. The van der Waals surface area contributed by atoms with E-state index in [1.54, 1.807) is 0 Å². The predicted octanol–water partition coefficient (Wildman–Crippen LogP) is 5.28. The summed E-state index contributed by atoms with van der Waals surface area (Å²) in [6, 6.07) is 0. The third-order valence-electron chi connectivity index (χ3n) is 4.60. The minimum Gasteiger partial charge on any atom is -0.462 e. The number of carbonyl (C=O) groups is 3. The summed E-state index contributed by atoms with van der Waals surface area (Å²) >= 11 is 0. The summed E-state index contributed by atoms with van der Waals surface area (Å²) in [5.41, 5.74) is 0. The number of allylic oxidation sites excluding steroid dienone is 1. The van der Waals surface area contributed by atoms with Gasteiger partial charge >= 0.3 is 17.9 Å². The summed E-state index contributed by atoms with van der Waals surface area (Å²) in [7, 11) is 0. The number of ether oxygens (including phenoxy) is 3. The van der Waals surface area contributed by atoms with Crippen LogP contribution in [-0.2, 0) is 28.6 Å². The number of esters is 3. The molecule has 0 spiro atoms. The second-order valence-electron chi connectivity index (χ2n) is 7.55. The quantitative estimate of drug-likeness (QED) is 0.132. The van der Waals surface area contributed by atoms with Gasteiger partial charge in [0.25, 0.3) is 0 Å². The first-order valence-electron chi connectivity index (χ1n) is 10.9. The van der Waals surface area contributed by atoms with Crippen molar-refractivity contribution in [3.63, 3.8) is 0 Å². The Morgan fingerprint density at radius 1 is 0.724 bits per heavy atom. The Bertz CT molecular complexity index is 474. The maximum atomic E-state index is 11.4. The van der Waals surface area contributed by atoms with Crippen molar-refractivity contribution in [2.75, 3.05) is 6.61 Å². The molecule has 0 bridgehead atoms. The lowest BCUT2D eigenvalue weighted by Crippen LogP contribution is -2.30. The molecule has 6 heteroatoms. The van der Waals surface area contributed by atoms with Gasteiger partial charge in [-0.25, -0.2) is 0 Å². The molecule has 0 aromatic rings. The van der Waals surface area contributed by atoms with E-state index in [2.05, 4.69) is 6.58 Å². The maximum absolute atomic E-state index is 11.4. The van der Waals surface area contributed by atoms with E-state index >= 15 is 0 Å². The molecule has 0 radical (unpaired) electrons. The van der Waals surface area contributed by atoms with Gasteiger partial charge in [-0.05, 0) is 25.7 Å². The fourth-order valence-electron chi connectivity index (χ4n) is 3.25. The maximum Gasteiger partial charge on any atom is 0.303 e. The molecule has 0 aromatic heterocycles. The van der Waals surface area contributed by atoms with Gasteiger partial charge in [-0.15, -0.1) is 6.58 Å². The molecule has 0 saturated carbocycles. The highest BCUT2D eigenvalue weighted by Crippen LogP contribution is 2.17. The van der Waals surface area contributed by atoms with Crippen LogP contribution in [0.15, 0.2) is 12.7 Å². The van der Waals surface area contributed by atoms with E-state index in [0.717, 1.165) is 19.3 Å². The Morgan fingerprint density at radius 2 is 1.21 bits per heavy atom. The van der Waals surface area contributed by atoms with Crippen molar-refractivity contribution in [1.29, 1.82) is 0 Å². The molecule has 6 nitrogen and oxygen atoms in total. The van der Waals surface area contributed by atoms with Crippen molar-refractivity contribution in [2.24, 2.45) is 0 Å². The highest BCUT2D eigenvalue weighted by atomic mass is 16.6. The standard InChI is InChI=1S/C23H40O6/c1-5-6-7-8-9-10-11-12-13-14-15-16-22(28-20(3)25)17-23(29-21(4)26)18-27-19(2)24/h5,22-23H,1,6-18H2,2-4H3. The molecule has 29 heavy (non-hydrogen) atoms. The summed E-state index contributed by atoms with van der Waals surface area (Å²) in [5.74, 6) is -1.25. The zero-order valence-corrected chi connectivity index (χ0v) is 18.6. The van der Waals surface area contributed by atoms with Crippen LogP contribution >= 0.6 is 0 Å². The summed E-state index contributed by atoms with van der Waals surface area (Å²) in [4.78, 5) is 33.7. The molecule has 0 rings (SSSR count). The average Bonchev–Trinajstić information content (AvgIpc) is 2.63. The van der Waals surface area contributed by atoms with Crippen LogP contribution in [0.2, 0.25) is 0 Å². The Kier molecular flexibility index (Phi) is 17.0. The van der Waals surface area contributed by atoms with E-state index < -0.39 is 18.0 Å². The van der Waals surface area contributed by atoms with Crippen LogP contribution in [0.25, 0.3) is 0 Å². The predicted molar refractivity (Wildman–Crippen MR) is 113 cm³/mol. The zero-order valence-electron chi connectivity index (χ0n) is 18.6. The lowest BCUT2D eigenvalue weighted by Gasteiger charge is -2.23. The highest BCUT2D eigenvalue weighted by molar-refractivity contribution is 5.67. The van der Waals surface area contributed by atoms with Crippen LogP contribution in [-0.4, -0.2) is 36.7 Å². The van der Waals surface area contributed by atoms with E-state index in [9.17, 15) is 14.4 Å². The largest absolute Gasteiger partial charge is 0.462 e. The Balaban J connectivity index is 4.13. The van der Waals surface area contributed by atoms with Gasteiger partial charge in [-0.1, -0.05) is 51.0 Å². The first-order chi connectivity index (χ1) is 13.8. The molecule has 0 amide bonds. The topological polar surface area (TPSA) is 78.9 Å². The smallest absolute Gasteiger partial charge is 0.303 e. The molecule has 0 N–H and O–H groups in total. The summed E-state index contributed by atoms with van der Waals surface area (Å²) < 4.78 is 15.6. The molecular weight excluding hydrogens is 372 g/mol. The number of hydrogen-bond acceptors (Lipinski definition) is 6. The fourth-order valence-corrected chi connectivity index (χ4v) is 3.25. The van der Waals surface area contributed by atoms with Gasteiger partial charge in [0, 0.05) is 27.2 Å².